The maximum absolute atomic E-state index is 8.66. The van der Waals surface area contributed by atoms with Gasteiger partial charge in [0, 0.05) is 6.61 Å². The van der Waals surface area contributed by atoms with Crippen LogP contribution >= 0.6 is 0 Å². The highest BCUT2D eigenvalue weighted by molar-refractivity contribution is 5.33. The fraction of sp³-hybridized carbons (Fsp3) is 0.571. The molecule has 15 heavy (non-hydrogen) atoms. The first-order chi connectivity index (χ1) is 7.25. The summed E-state index contributed by atoms with van der Waals surface area (Å²) in [6, 6.07) is 6.55. The maximum Gasteiger partial charge on any atom is 0.0431 e. The molecule has 0 radical (unpaired) electrons. The Morgan fingerprint density at radius 2 is 1.73 bits per heavy atom. The predicted molar refractivity (Wildman–Crippen MR) is 65.2 cm³/mol. The molecule has 0 spiro atoms. The van der Waals surface area contributed by atoms with Gasteiger partial charge in [-0.2, -0.15) is 0 Å². The van der Waals surface area contributed by atoms with Crippen LogP contribution in [0, 0.1) is 13.8 Å². The molecule has 0 bridgehead atoms. The van der Waals surface area contributed by atoms with E-state index in [2.05, 4.69) is 32.0 Å². The normalized spacial score (nSPS) is 10.6. The van der Waals surface area contributed by atoms with Crippen molar-refractivity contribution in [3.05, 3.63) is 34.9 Å². The van der Waals surface area contributed by atoms with Crippen molar-refractivity contribution in [3.8, 4) is 0 Å². The summed E-state index contributed by atoms with van der Waals surface area (Å²) in [6.07, 6.45) is 5.76. The first kappa shape index (κ1) is 12.3. The molecule has 1 aromatic rings. The van der Waals surface area contributed by atoms with Gasteiger partial charge < -0.3 is 5.11 Å². The smallest absolute Gasteiger partial charge is 0.0431 e. The van der Waals surface area contributed by atoms with Crippen LogP contribution in [-0.2, 0) is 6.42 Å². The number of unbranched alkanes of at least 4 members (excludes halogenated alkanes) is 3. The van der Waals surface area contributed by atoms with Gasteiger partial charge in [-0.3, -0.25) is 0 Å². The predicted octanol–water partition coefficient (Wildman–Crippen LogP) is 3.40. The third kappa shape index (κ3) is 4.05. The molecule has 0 aliphatic carbocycles. The molecule has 1 N–H and O–H groups in total. The van der Waals surface area contributed by atoms with E-state index < -0.39 is 0 Å². The number of benzene rings is 1. The quantitative estimate of drug-likeness (QED) is 0.707. The molecule has 0 saturated heterocycles. The second kappa shape index (κ2) is 6.62. The molecule has 1 aromatic carbocycles. The molecule has 1 rings (SSSR count). The van der Waals surface area contributed by atoms with E-state index in [9.17, 15) is 0 Å². The lowest BCUT2D eigenvalue weighted by molar-refractivity contribution is 0.282. The molecule has 0 amide bonds. The Kier molecular flexibility index (Phi) is 5.41. The van der Waals surface area contributed by atoms with E-state index in [1.165, 1.54) is 36.0 Å². The molecular weight excluding hydrogens is 184 g/mol. The molecule has 1 nitrogen and oxygen atoms in total. The van der Waals surface area contributed by atoms with Crippen molar-refractivity contribution in [1.29, 1.82) is 0 Å². The van der Waals surface area contributed by atoms with Gasteiger partial charge in [0.1, 0.15) is 0 Å². The standard InChI is InChI=1S/C14H22O/c1-12-8-7-10-14(13(12)2)9-5-3-4-6-11-15/h7-8,10,15H,3-6,9,11H2,1-2H3. The lowest BCUT2D eigenvalue weighted by atomic mass is 9.98. The van der Waals surface area contributed by atoms with E-state index in [-0.39, 0.29) is 0 Å². The van der Waals surface area contributed by atoms with Crippen LogP contribution in [0.15, 0.2) is 18.2 Å². The minimum Gasteiger partial charge on any atom is -0.396 e. The molecule has 0 aliphatic heterocycles. The zero-order valence-electron chi connectivity index (χ0n) is 9.92. The topological polar surface area (TPSA) is 20.2 Å². The van der Waals surface area contributed by atoms with E-state index in [1.807, 2.05) is 0 Å². The Hall–Kier alpha value is -0.820. The van der Waals surface area contributed by atoms with Crippen molar-refractivity contribution in [2.24, 2.45) is 0 Å². The van der Waals surface area contributed by atoms with Crippen molar-refractivity contribution < 1.29 is 5.11 Å². The molecular formula is C14H22O. The van der Waals surface area contributed by atoms with Gasteiger partial charge in [0.25, 0.3) is 0 Å². The highest BCUT2D eigenvalue weighted by Crippen LogP contribution is 2.15. The molecule has 0 aliphatic rings. The van der Waals surface area contributed by atoms with Crippen LogP contribution in [0.5, 0.6) is 0 Å². The number of aliphatic hydroxyl groups is 1. The minimum atomic E-state index is 0.337. The highest BCUT2D eigenvalue weighted by atomic mass is 16.2. The first-order valence-corrected chi connectivity index (χ1v) is 5.91. The van der Waals surface area contributed by atoms with E-state index >= 15 is 0 Å². The van der Waals surface area contributed by atoms with Crippen molar-refractivity contribution in [2.45, 2.75) is 46.0 Å². The molecule has 0 atom stereocenters. The first-order valence-electron chi connectivity index (χ1n) is 5.91. The summed E-state index contributed by atoms with van der Waals surface area (Å²) >= 11 is 0. The van der Waals surface area contributed by atoms with Crippen LogP contribution in [0.2, 0.25) is 0 Å². The second-order valence-corrected chi connectivity index (χ2v) is 4.25. The molecule has 1 heteroatoms. The maximum atomic E-state index is 8.66. The SMILES string of the molecule is Cc1cccc(CCCCCCO)c1C. The Balaban J connectivity index is 2.34. The summed E-state index contributed by atoms with van der Waals surface area (Å²) in [4.78, 5) is 0. The molecule has 84 valence electrons. The largest absolute Gasteiger partial charge is 0.396 e. The highest BCUT2D eigenvalue weighted by Gasteiger charge is 1.99. The van der Waals surface area contributed by atoms with Gasteiger partial charge in [0.15, 0.2) is 0 Å². The summed E-state index contributed by atoms with van der Waals surface area (Å²) in [5, 5.41) is 8.66. The summed E-state index contributed by atoms with van der Waals surface area (Å²) in [7, 11) is 0. The van der Waals surface area contributed by atoms with E-state index in [0.29, 0.717) is 6.61 Å². The van der Waals surface area contributed by atoms with Gasteiger partial charge in [0.05, 0.1) is 0 Å². The van der Waals surface area contributed by atoms with Crippen molar-refractivity contribution in [3.63, 3.8) is 0 Å². The van der Waals surface area contributed by atoms with Crippen LogP contribution in [0.25, 0.3) is 0 Å². The summed E-state index contributed by atoms with van der Waals surface area (Å²) in [6.45, 7) is 4.71. The molecule has 0 unspecified atom stereocenters. The Labute approximate surface area is 93.1 Å². The number of rotatable bonds is 6. The number of hydrogen-bond acceptors (Lipinski definition) is 1. The zero-order valence-corrected chi connectivity index (χ0v) is 9.92. The van der Waals surface area contributed by atoms with Gasteiger partial charge in [-0.05, 0) is 49.8 Å². The van der Waals surface area contributed by atoms with Gasteiger partial charge >= 0.3 is 0 Å². The third-order valence-corrected chi connectivity index (χ3v) is 3.07. The van der Waals surface area contributed by atoms with Gasteiger partial charge in [-0.25, -0.2) is 0 Å². The van der Waals surface area contributed by atoms with Crippen molar-refractivity contribution in [1.82, 2.24) is 0 Å². The average molecular weight is 206 g/mol. The fourth-order valence-corrected chi connectivity index (χ4v) is 1.86. The summed E-state index contributed by atoms with van der Waals surface area (Å²) < 4.78 is 0. The van der Waals surface area contributed by atoms with Crippen LogP contribution < -0.4 is 0 Å². The van der Waals surface area contributed by atoms with Crippen LogP contribution in [0.1, 0.15) is 42.4 Å². The Morgan fingerprint density at radius 3 is 2.47 bits per heavy atom. The molecule has 0 fully saturated rings. The Bertz CT molecular complexity index is 291. The Morgan fingerprint density at radius 1 is 1.00 bits per heavy atom. The monoisotopic (exact) mass is 206 g/mol. The van der Waals surface area contributed by atoms with Crippen molar-refractivity contribution in [2.75, 3.05) is 6.61 Å². The summed E-state index contributed by atoms with van der Waals surface area (Å²) in [5.74, 6) is 0. The third-order valence-electron chi connectivity index (χ3n) is 3.07. The number of hydrogen-bond donors (Lipinski definition) is 1. The molecule has 0 saturated carbocycles. The van der Waals surface area contributed by atoms with E-state index in [1.54, 1.807) is 0 Å². The van der Waals surface area contributed by atoms with Gasteiger partial charge in [-0.15, -0.1) is 0 Å². The second-order valence-electron chi connectivity index (χ2n) is 4.25. The minimum absolute atomic E-state index is 0.337. The van der Waals surface area contributed by atoms with Gasteiger partial charge in [0.2, 0.25) is 0 Å². The van der Waals surface area contributed by atoms with E-state index in [4.69, 9.17) is 5.11 Å². The van der Waals surface area contributed by atoms with E-state index in [0.717, 1.165) is 12.8 Å². The zero-order chi connectivity index (χ0) is 11.1. The summed E-state index contributed by atoms with van der Waals surface area (Å²) in [5.41, 5.74) is 4.32. The van der Waals surface area contributed by atoms with Crippen molar-refractivity contribution >= 4 is 0 Å². The average Bonchev–Trinajstić information content (AvgIpc) is 2.24. The molecule has 0 heterocycles. The van der Waals surface area contributed by atoms with Crippen LogP contribution in [-0.4, -0.2) is 11.7 Å². The number of aryl methyl sites for hydroxylation is 2. The number of aliphatic hydroxyl groups excluding tert-OH is 1. The molecule has 0 aromatic heterocycles. The lowest BCUT2D eigenvalue weighted by Gasteiger charge is -2.08. The lowest BCUT2D eigenvalue weighted by Crippen LogP contribution is -1.93. The van der Waals surface area contributed by atoms with Crippen LogP contribution in [0.3, 0.4) is 0 Å². The van der Waals surface area contributed by atoms with Crippen LogP contribution in [0.4, 0.5) is 0 Å². The fourth-order valence-electron chi connectivity index (χ4n) is 1.86. The van der Waals surface area contributed by atoms with Gasteiger partial charge in [-0.1, -0.05) is 31.0 Å².